The van der Waals surface area contributed by atoms with Crippen molar-refractivity contribution in [3.63, 3.8) is 0 Å². The Bertz CT molecular complexity index is 189. The van der Waals surface area contributed by atoms with Crippen LogP contribution in [0.3, 0.4) is 0 Å². The molecule has 1 saturated heterocycles. The number of nitrogens with zero attached hydrogens (tertiary/aromatic N) is 1. The minimum Gasteiger partial charge on any atom is -0.391 e. The molecule has 1 fully saturated rings. The Morgan fingerprint density at radius 3 is 2.58 bits per heavy atom. The Hall–Kier alpha value is -0.570. The number of amides is 1. The highest BCUT2D eigenvalue weighted by Crippen LogP contribution is 2.29. The quantitative estimate of drug-likeness (QED) is 0.633. The largest absolute Gasteiger partial charge is 0.391 e. The van der Waals surface area contributed by atoms with Gasteiger partial charge in [0.2, 0.25) is 5.91 Å². The summed E-state index contributed by atoms with van der Waals surface area (Å²) in [7, 11) is 0. The molecular weight excluding hydrogens is 154 g/mol. The number of hydrogen-bond donors (Lipinski definition) is 1. The van der Waals surface area contributed by atoms with E-state index in [4.69, 9.17) is 0 Å². The third-order valence-corrected chi connectivity index (χ3v) is 2.74. The van der Waals surface area contributed by atoms with Gasteiger partial charge in [-0.05, 0) is 20.3 Å². The Kier molecular flexibility index (Phi) is 2.42. The molecule has 1 heterocycles. The number of carbonyl (C=O) groups excluding carboxylic acids is 1. The average molecular weight is 171 g/mol. The van der Waals surface area contributed by atoms with Crippen LogP contribution in [0.15, 0.2) is 0 Å². The lowest BCUT2D eigenvalue weighted by Crippen LogP contribution is -2.47. The summed E-state index contributed by atoms with van der Waals surface area (Å²) < 4.78 is 0. The summed E-state index contributed by atoms with van der Waals surface area (Å²) in [6.07, 6.45) is 0.863. The van der Waals surface area contributed by atoms with Gasteiger partial charge in [0.25, 0.3) is 0 Å². The standard InChI is InChI=1S/C9H17NO2/c1-4-8(12)10-6-5-7(11)9(10,2)3/h7,11H,4-6H2,1-3H3. The van der Waals surface area contributed by atoms with E-state index in [0.29, 0.717) is 19.4 Å². The van der Waals surface area contributed by atoms with Crippen molar-refractivity contribution in [3.05, 3.63) is 0 Å². The Balaban J connectivity index is 2.74. The maximum atomic E-state index is 11.4. The van der Waals surface area contributed by atoms with Crippen LogP contribution in [0.25, 0.3) is 0 Å². The molecule has 1 N–H and O–H groups in total. The first kappa shape index (κ1) is 9.52. The third-order valence-electron chi connectivity index (χ3n) is 2.74. The van der Waals surface area contributed by atoms with E-state index in [-0.39, 0.29) is 17.6 Å². The first-order valence-electron chi connectivity index (χ1n) is 4.48. The van der Waals surface area contributed by atoms with Gasteiger partial charge in [0.05, 0.1) is 11.6 Å². The molecule has 0 aromatic carbocycles. The molecule has 1 rings (SSSR count). The lowest BCUT2D eigenvalue weighted by atomic mass is 9.98. The number of rotatable bonds is 1. The zero-order valence-corrected chi connectivity index (χ0v) is 8.00. The summed E-state index contributed by atoms with van der Waals surface area (Å²) in [6, 6.07) is 0. The van der Waals surface area contributed by atoms with Crippen molar-refractivity contribution in [1.82, 2.24) is 4.90 Å². The van der Waals surface area contributed by atoms with Crippen molar-refractivity contribution in [2.75, 3.05) is 6.54 Å². The molecule has 0 bridgehead atoms. The third kappa shape index (κ3) is 1.33. The second-order valence-corrected chi connectivity index (χ2v) is 3.86. The molecule has 0 radical (unpaired) electrons. The number of aliphatic hydroxyl groups is 1. The average Bonchev–Trinajstić information content (AvgIpc) is 2.27. The minimum absolute atomic E-state index is 0.136. The van der Waals surface area contributed by atoms with Crippen LogP contribution in [0.4, 0.5) is 0 Å². The predicted octanol–water partition coefficient (Wildman–Crippen LogP) is 0.768. The highest BCUT2D eigenvalue weighted by atomic mass is 16.3. The number of carbonyl (C=O) groups is 1. The van der Waals surface area contributed by atoms with E-state index in [1.165, 1.54) is 0 Å². The summed E-state index contributed by atoms with van der Waals surface area (Å²) in [5.74, 6) is 0.136. The Labute approximate surface area is 73.4 Å². The van der Waals surface area contributed by atoms with Gasteiger partial charge >= 0.3 is 0 Å². The fourth-order valence-electron chi connectivity index (χ4n) is 1.71. The molecule has 0 aromatic rings. The summed E-state index contributed by atoms with van der Waals surface area (Å²) in [5.41, 5.74) is -0.368. The van der Waals surface area contributed by atoms with Crippen molar-refractivity contribution in [1.29, 1.82) is 0 Å². The molecule has 1 unspecified atom stereocenters. The molecule has 3 nitrogen and oxygen atoms in total. The Morgan fingerprint density at radius 1 is 1.67 bits per heavy atom. The topological polar surface area (TPSA) is 40.5 Å². The number of hydrogen-bond acceptors (Lipinski definition) is 2. The van der Waals surface area contributed by atoms with Crippen molar-refractivity contribution in [3.8, 4) is 0 Å². The molecule has 3 heteroatoms. The fourth-order valence-corrected chi connectivity index (χ4v) is 1.71. The normalized spacial score (nSPS) is 27.7. The summed E-state index contributed by atoms with van der Waals surface area (Å²) in [6.45, 7) is 6.38. The maximum absolute atomic E-state index is 11.4. The van der Waals surface area contributed by atoms with Crippen LogP contribution >= 0.6 is 0 Å². The summed E-state index contributed by atoms with van der Waals surface area (Å²) in [5, 5.41) is 9.58. The van der Waals surface area contributed by atoms with Gasteiger partial charge in [-0.1, -0.05) is 6.92 Å². The van der Waals surface area contributed by atoms with Gasteiger partial charge in [-0.25, -0.2) is 0 Å². The van der Waals surface area contributed by atoms with Crippen LogP contribution in [0.1, 0.15) is 33.6 Å². The van der Waals surface area contributed by atoms with Crippen molar-refractivity contribution >= 4 is 5.91 Å². The predicted molar refractivity (Wildman–Crippen MR) is 46.7 cm³/mol. The number of aliphatic hydroxyl groups excluding tert-OH is 1. The van der Waals surface area contributed by atoms with E-state index >= 15 is 0 Å². The Morgan fingerprint density at radius 2 is 2.25 bits per heavy atom. The monoisotopic (exact) mass is 171 g/mol. The van der Waals surface area contributed by atoms with Crippen LogP contribution in [-0.2, 0) is 4.79 Å². The van der Waals surface area contributed by atoms with Crippen LogP contribution in [0.5, 0.6) is 0 Å². The summed E-state index contributed by atoms with van der Waals surface area (Å²) >= 11 is 0. The van der Waals surface area contributed by atoms with E-state index in [1.54, 1.807) is 4.90 Å². The number of likely N-dealkylation sites (tertiary alicyclic amines) is 1. The van der Waals surface area contributed by atoms with Gasteiger partial charge in [0.1, 0.15) is 0 Å². The molecule has 1 aliphatic rings. The van der Waals surface area contributed by atoms with Gasteiger partial charge in [-0.15, -0.1) is 0 Å². The van der Waals surface area contributed by atoms with Gasteiger partial charge in [-0.2, -0.15) is 0 Å². The second kappa shape index (κ2) is 3.05. The molecular formula is C9H17NO2. The summed E-state index contributed by atoms with van der Waals surface area (Å²) in [4.78, 5) is 13.2. The minimum atomic E-state index is -0.368. The van der Waals surface area contributed by atoms with Crippen molar-refractivity contribution in [2.24, 2.45) is 0 Å². The van der Waals surface area contributed by atoms with E-state index in [9.17, 15) is 9.90 Å². The van der Waals surface area contributed by atoms with Gasteiger partial charge < -0.3 is 10.0 Å². The second-order valence-electron chi connectivity index (χ2n) is 3.86. The molecule has 0 aliphatic carbocycles. The van der Waals surface area contributed by atoms with E-state index in [1.807, 2.05) is 20.8 Å². The lowest BCUT2D eigenvalue weighted by Gasteiger charge is -2.33. The highest BCUT2D eigenvalue weighted by molar-refractivity contribution is 5.77. The van der Waals surface area contributed by atoms with Crippen molar-refractivity contribution in [2.45, 2.75) is 45.3 Å². The molecule has 1 atom stereocenters. The molecule has 1 amide bonds. The first-order chi connectivity index (χ1) is 5.50. The molecule has 70 valence electrons. The molecule has 0 spiro atoms. The zero-order valence-electron chi connectivity index (χ0n) is 8.00. The van der Waals surface area contributed by atoms with E-state index in [0.717, 1.165) is 0 Å². The zero-order chi connectivity index (χ0) is 9.35. The first-order valence-corrected chi connectivity index (χ1v) is 4.48. The SMILES string of the molecule is CCC(=O)N1CCC(O)C1(C)C. The van der Waals surface area contributed by atoms with Crippen LogP contribution < -0.4 is 0 Å². The van der Waals surface area contributed by atoms with Gasteiger partial charge in [0, 0.05) is 13.0 Å². The highest BCUT2D eigenvalue weighted by Gasteiger charge is 2.41. The van der Waals surface area contributed by atoms with Crippen LogP contribution in [0.2, 0.25) is 0 Å². The molecule has 0 saturated carbocycles. The lowest BCUT2D eigenvalue weighted by molar-refractivity contribution is -0.135. The van der Waals surface area contributed by atoms with Crippen LogP contribution in [-0.4, -0.2) is 34.1 Å². The van der Waals surface area contributed by atoms with E-state index < -0.39 is 0 Å². The molecule has 1 aliphatic heterocycles. The van der Waals surface area contributed by atoms with Gasteiger partial charge in [0.15, 0.2) is 0 Å². The molecule has 12 heavy (non-hydrogen) atoms. The smallest absolute Gasteiger partial charge is 0.222 e. The fraction of sp³-hybridized carbons (Fsp3) is 0.889. The van der Waals surface area contributed by atoms with Crippen LogP contribution in [0, 0.1) is 0 Å². The van der Waals surface area contributed by atoms with E-state index in [2.05, 4.69) is 0 Å². The van der Waals surface area contributed by atoms with Crippen molar-refractivity contribution < 1.29 is 9.90 Å². The molecule has 0 aromatic heterocycles. The van der Waals surface area contributed by atoms with Gasteiger partial charge in [-0.3, -0.25) is 4.79 Å². The maximum Gasteiger partial charge on any atom is 0.222 e.